The van der Waals surface area contributed by atoms with Gasteiger partial charge in [0.05, 0.1) is 12.1 Å². The summed E-state index contributed by atoms with van der Waals surface area (Å²) in [7, 11) is 1.59. The van der Waals surface area contributed by atoms with Gasteiger partial charge in [0.2, 0.25) is 0 Å². The zero-order valence-corrected chi connectivity index (χ0v) is 8.04. The van der Waals surface area contributed by atoms with Crippen molar-refractivity contribution in [3.8, 4) is 5.75 Å². The van der Waals surface area contributed by atoms with Crippen molar-refractivity contribution in [1.29, 1.82) is 0 Å². The number of methoxy groups -OCH3 is 1. The lowest BCUT2D eigenvalue weighted by Gasteiger charge is -2.05. The van der Waals surface area contributed by atoms with Crippen molar-refractivity contribution < 1.29 is 4.74 Å². The summed E-state index contributed by atoms with van der Waals surface area (Å²) in [5.41, 5.74) is 1.05. The largest absolute Gasteiger partial charge is 0.495 e. The zero-order chi connectivity index (χ0) is 8.43. The van der Waals surface area contributed by atoms with E-state index in [2.05, 4.69) is 12.6 Å². The SMILES string of the molecule is COc1cc(S)c(C)cc1Cl. The molecule has 0 aliphatic heterocycles. The molecule has 1 rings (SSSR count). The maximum Gasteiger partial charge on any atom is 0.138 e. The highest BCUT2D eigenvalue weighted by molar-refractivity contribution is 7.80. The van der Waals surface area contributed by atoms with Crippen molar-refractivity contribution in [3.63, 3.8) is 0 Å². The van der Waals surface area contributed by atoms with E-state index in [4.69, 9.17) is 16.3 Å². The molecular formula is C8H9ClOS. The Morgan fingerprint density at radius 2 is 2.09 bits per heavy atom. The molecule has 0 aliphatic carbocycles. The highest BCUT2D eigenvalue weighted by Crippen LogP contribution is 2.29. The molecule has 0 bridgehead atoms. The summed E-state index contributed by atoms with van der Waals surface area (Å²) in [4.78, 5) is 0.895. The Morgan fingerprint density at radius 1 is 1.45 bits per heavy atom. The molecule has 60 valence electrons. The third-order valence-corrected chi connectivity index (χ3v) is 2.25. The molecule has 0 radical (unpaired) electrons. The van der Waals surface area contributed by atoms with Crippen LogP contribution in [0.3, 0.4) is 0 Å². The fraction of sp³-hybridized carbons (Fsp3) is 0.250. The Labute approximate surface area is 76.7 Å². The summed E-state index contributed by atoms with van der Waals surface area (Å²) in [6.45, 7) is 1.95. The van der Waals surface area contributed by atoms with E-state index in [0.717, 1.165) is 10.5 Å². The number of rotatable bonds is 1. The van der Waals surface area contributed by atoms with Gasteiger partial charge in [0.1, 0.15) is 5.75 Å². The fourth-order valence-electron chi connectivity index (χ4n) is 0.799. The van der Waals surface area contributed by atoms with E-state index >= 15 is 0 Å². The minimum absolute atomic E-state index is 0.628. The molecule has 0 aliphatic rings. The third kappa shape index (κ3) is 1.82. The summed E-state index contributed by atoms with van der Waals surface area (Å²) in [6, 6.07) is 3.64. The second-order valence-corrected chi connectivity index (χ2v) is 3.16. The summed E-state index contributed by atoms with van der Waals surface area (Å²) in [5.74, 6) is 0.669. The number of hydrogen-bond acceptors (Lipinski definition) is 2. The van der Waals surface area contributed by atoms with Crippen LogP contribution in [0.15, 0.2) is 17.0 Å². The molecule has 0 N–H and O–H groups in total. The quantitative estimate of drug-likeness (QED) is 0.667. The van der Waals surface area contributed by atoms with Crippen LogP contribution >= 0.6 is 24.2 Å². The van der Waals surface area contributed by atoms with Crippen LogP contribution in [-0.4, -0.2) is 7.11 Å². The summed E-state index contributed by atoms with van der Waals surface area (Å²) in [6.07, 6.45) is 0. The smallest absolute Gasteiger partial charge is 0.138 e. The van der Waals surface area contributed by atoms with Crippen LogP contribution in [0, 0.1) is 6.92 Å². The molecule has 1 nitrogen and oxygen atoms in total. The Kier molecular flexibility index (Phi) is 2.68. The first-order chi connectivity index (χ1) is 5.15. The predicted octanol–water partition coefficient (Wildman–Crippen LogP) is 2.95. The second kappa shape index (κ2) is 3.37. The summed E-state index contributed by atoms with van der Waals surface area (Å²) < 4.78 is 5.00. The van der Waals surface area contributed by atoms with Gasteiger partial charge < -0.3 is 4.74 Å². The summed E-state index contributed by atoms with van der Waals surface area (Å²) >= 11 is 10.1. The highest BCUT2D eigenvalue weighted by atomic mass is 35.5. The van der Waals surface area contributed by atoms with Gasteiger partial charge in [-0.1, -0.05) is 11.6 Å². The average Bonchev–Trinajstić information content (AvgIpc) is 1.97. The van der Waals surface area contributed by atoms with E-state index in [9.17, 15) is 0 Å². The molecule has 0 aromatic heterocycles. The van der Waals surface area contributed by atoms with E-state index in [0.29, 0.717) is 10.8 Å². The minimum Gasteiger partial charge on any atom is -0.495 e. The van der Waals surface area contributed by atoms with Gasteiger partial charge in [0.15, 0.2) is 0 Å². The second-order valence-electron chi connectivity index (χ2n) is 2.27. The van der Waals surface area contributed by atoms with Crippen molar-refractivity contribution >= 4 is 24.2 Å². The van der Waals surface area contributed by atoms with Crippen LogP contribution in [0.2, 0.25) is 5.02 Å². The first kappa shape index (κ1) is 8.75. The van der Waals surface area contributed by atoms with Crippen molar-refractivity contribution in [3.05, 3.63) is 22.7 Å². The van der Waals surface area contributed by atoms with Crippen LogP contribution < -0.4 is 4.74 Å². The predicted molar refractivity (Wildman–Crippen MR) is 50.0 cm³/mol. The van der Waals surface area contributed by atoms with E-state index in [1.807, 2.05) is 13.0 Å². The molecule has 0 saturated heterocycles. The maximum absolute atomic E-state index is 5.84. The Balaban J connectivity index is 3.21. The van der Waals surface area contributed by atoms with E-state index in [1.165, 1.54) is 0 Å². The van der Waals surface area contributed by atoms with Gasteiger partial charge in [0, 0.05) is 4.90 Å². The number of aryl methyl sites for hydroxylation is 1. The van der Waals surface area contributed by atoms with Crippen LogP contribution in [0.5, 0.6) is 5.75 Å². The lowest BCUT2D eigenvalue weighted by molar-refractivity contribution is 0.414. The van der Waals surface area contributed by atoms with E-state index in [1.54, 1.807) is 13.2 Å². The molecule has 1 aromatic rings. The van der Waals surface area contributed by atoms with Gasteiger partial charge >= 0.3 is 0 Å². The Morgan fingerprint density at radius 3 is 2.64 bits per heavy atom. The van der Waals surface area contributed by atoms with Gasteiger partial charge in [-0.05, 0) is 24.6 Å². The zero-order valence-electron chi connectivity index (χ0n) is 6.39. The van der Waals surface area contributed by atoms with Crippen molar-refractivity contribution in [1.82, 2.24) is 0 Å². The first-order valence-electron chi connectivity index (χ1n) is 3.18. The number of thiol groups is 1. The van der Waals surface area contributed by atoms with Gasteiger partial charge in [-0.3, -0.25) is 0 Å². The lowest BCUT2D eigenvalue weighted by Crippen LogP contribution is -1.85. The van der Waals surface area contributed by atoms with E-state index < -0.39 is 0 Å². The molecule has 3 heteroatoms. The first-order valence-corrected chi connectivity index (χ1v) is 4.00. The summed E-state index contributed by atoms with van der Waals surface area (Å²) in [5, 5.41) is 0.628. The van der Waals surface area contributed by atoms with Crippen molar-refractivity contribution in [2.24, 2.45) is 0 Å². The van der Waals surface area contributed by atoms with Gasteiger partial charge in [-0.25, -0.2) is 0 Å². The molecule has 0 saturated carbocycles. The molecule has 1 aromatic carbocycles. The van der Waals surface area contributed by atoms with Crippen LogP contribution in [0.1, 0.15) is 5.56 Å². The number of ether oxygens (including phenoxy) is 1. The topological polar surface area (TPSA) is 9.23 Å². The number of hydrogen-bond donors (Lipinski definition) is 1. The molecule has 11 heavy (non-hydrogen) atoms. The minimum atomic E-state index is 0.628. The van der Waals surface area contributed by atoms with Gasteiger partial charge in [0.25, 0.3) is 0 Å². The van der Waals surface area contributed by atoms with E-state index in [-0.39, 0.29) is 0 Å². The number of halogens is 1. The average molecular weight is 189 g/mol. The Bertz CT molecular complexity index is 273. The number of benzene rings is 1. The monoisotopic (exact) mass is 188 g/mol. The molecule has 0 fully saturated rings. The lowest BCUT2D eigenvalue weighted by atomic mass is 10.2. The van der Waals surface area contributed by atoms with Gasteiger partial charge in [-0.15, -0.1) is 12.6 Å². The van der Waals surface area contributed by atoms with Crippen LogP contribution in [-0.2, 0) is 0 Å². The van der Waals surface area contributed by atoms with Crippen molar-refractivity contribution in [2.45, 2.75) is 11.8 Å². The molecule has 0 atom stereocenters. The molecule has 0 unspecified atom stereocenters. The highest BCUT2D eigenvalue weighted by Gasteiger charge is 2.02. The fourth-order valence-corrected chi connectivity index (χ4v) is 1.28. The maximum atomic E-state index is 5.84. The molecule has 0 amide bonds. The molecular weight excluding hydrogens is 180 g/mol. The van der Waals surface area contributed by atoms with Crippen molar-refractivity contribution in [2.75, 3.05) is 7.11 Å². The van der Waals surface area contributed by atoms with Crippen LogP contribution in [0.25, 0.3) is 0 Å². The standard InChI is InChI=1S/C8H9ClOS/c1-5-3-6(9)7(10-2)4-8(5)11/h3-4,11H,1-2H3. The van der Waals surface area contributed by atoms with Gasteiger partial charge in [-0.2, -0.15) is 0 Å². The molecule has 0 heterocycles. The Hall–Kier alpha value is -0.340. The third-order valence-electron chi connectivity index (χ3n) is 1.47. The molecule has 0 spiro atoms. The normalized spacial score (nSPS) is 9.82. The van der Waals surface area contributed by atoms with Crippen LogP contribution in [0.4, 0.5) is 0 Å².